The Morgan fingerprint density at radius 3 is 2.74 bits per heavy atom. The minimum absolute atomic E-state index is 0.0843. The molecule has 6 nitrogen and oxygen atoms in total. The lowest BCUT2D eigenvalue weighted by atomic mass is 9.94. The van der Waals surface area contributed by atoms with Crippen LogP contribution in [0.15, 0.2) is 42.6 Å². The fourth-order valence-corrected chi connectivity index (χ4v) is 4.39. The molecule has 1 fully saturated rings. The number of likely N-dealkylation sites (N-methyl/N-ethyl adjacent to an activating group) is 1. The van der Waals surface area contributed by atoms with Crippen molar-refractivity contribution < 1.29 is 14.0 Å². The van der Waals surface area contributed by atoms with E-state index >= 15 is 0 Å². The lowest BCUT2D eigenvalue weighted by Crippen LogP contribution is -2.37. The van der Waals surface area contributed by atoms with E-state index in [1.54, 1.807) is 34.2 Å². The smallest absolute Gasteiger partial charge is 0.246 e. The highest BCUT2D eigenvalue weighted by Gasteiger charge is 2.46. The van der Waals surface area contributed by atoms with Crippen LogP contribution in [0.3, 0.4) is 0 Å². The van der Waals surface area contributed by atoms with Gasteiger partial charge in [-0.1, -0.05) is 29.8 Å². The van der Waals surface area contributed by atoms with Gasteiger partial charge in [0.05, 0.1) is 23.2 Å². The number of rotatable bonds is 8. The van der Waals surface area contributed by atoms with Crippen molar-refractivity contribution in [1.29, 1.82) is 0 Å². The second kappa shape index (κ2) is 10.7. The van der Waals surface area contributed by atoms with Crippen LogP contribution in [0.2, 0.25) is 5.02 Å². The van der Waals surface area contributed by atoms with E-state index < -0.39 is 12.1 Å². The summed E-state index contributed by atoms with van der Waals surface area (Å²) in [6.07, 6.45) is 5.17. The minimum Gasteiger partial charge on any atom is -0.338 e. The zero-order chi connectivity index (χ0) is 24.2. The molecule has 0 unspecified atom stereocenters. The Balaban J connectivity index is 1.47. The Bertz CT molecular complexity index is 1090. The molecule has 180 valence electrons. The molecule has 8 heteroatoms. The average molecular weight is 485 g/mol. The number of nitrogens with zero attached hydrogens (tertiary/aromatic N) is 4. The van der Waals surface area contributed by atoms with Gasteiger partial charge in [0, 0.05) is 38.5 Å². The highest BCUT2D eigenvalue weighted by Crippen LogP contribution is 2.36. The molecule has 0 spiro atoms. The molecule has 1 aliphatic carbocycles. The summed E-state index contributed by atoms with van der Waals surface area (Å²) in [5.41, 5.74) is 3.82. The molecule has 1 saturated carbocycles. The predicted molar refractivity (Wildman–Crippen MR) is 131 cm³/mol. The van der Waals surface area contributed by atoms with Crippen LogP contribution in [0.5, 0.6) is 0 Å². The molecule has 1 aromatic carbocycles. The standard InChI is InChI=1S/C26H30ClFN4O2/c1-30(2)13-14-31(17-24-22(27)7-4-11-29-24)25(33)9-8-18-5-3-6-19-16-32(12-10-20(18)19)26(34)21-15-23(21)28/h3-9,11,21,23H,10,12-17H2,1-2H3/b9-8+/t21-,23+/m0/s1. The number of amides is 2. The Morgan fingerprint density at radius 2 is 2.03 bits per heavy atom. The van der Waals surface area contributed by atoms with Crippen LogP contribution < -0.4 is 0 Å². The van der Waals surface area contributed by atoms with Crippen molar-refractivity contribution in [3.63, 3.8) is 0 Å². The van der Waals surface area contributed by atoms with Gasteiger partial charge in [-0.25, -0.2) is 4.39 Å². The van der Waals surface area contributed by atoms with Crippen molar-refractivity contribution >= 4 is 29.5 Å². The number of hydrogen-bond donors (Lipinski definition) is 0. The van der Waals surface area contributed by atoms with Crippen LogP contribution in [-0.2, 0) is 29.1 Å². The van der Waals surface area contributed by atoms with Crippen LogP contribution >= 0.6 is 11.6 Å². The summed E-state index contributed by atoms with van der Waals surface area (Å²) in [5, 5.41) is 0.538. The van der Waals surface area contributed by atoms with Gasteiger partial charge in [-0.15, -0.1) is 0 Å². The van der Waals surface area contributed by atoms with Crippen molar-refractivity contribution in [2.24, 2.45) is 5.92 Å². The van der Waals surface area contributed by atoms with Crippen molar-refractivity contribution in [1.82, 2.24) is 19.7 Å². The number of pyridine rings is 1. The molecule has 1 aromatic heterocycles. The van der Waals surface area contributed by atoms with Crippen molar-refractivity contribution in [3.05, 3.63) is 70.0 Å². The van der Waals surface area contributed by atoms with Gasteiger partial charge in [0.25, 0.3) is 0 Å². The third-order valence-electron chi connectivity index (χ3n) is 6.35. The maximum atomic E-state index is 13.3. The summed E-state index contributed by atoms with van der Waals surface area (Å²) in [6.45, 7) is 2.65. The van der Waals surface area contributed by atoms with Crippen molar-refractivity contribution in [3.8, 4) is 0 Å². The summed E-state index contributed by atoms with van der Waals surface area (Å²) in [7, 11) is 3.93. The average Bonchev–Trinajstić information content (AvgIpc) is 3.56. The molecule has 0 radical (unpaired) electrons. The summed E-state index contributed by atoms with van der Waals surface area (Å²) < 4.78 is 13.3. The highest BCUT2D eigenvalue weighted by atomic mass is 35.5. The lowest BCUT2D eigenvalue weighted by Gasteiger charge is -2.30. The first-order chi connectivity index (χ1) is 16.3. The van der Waals surface area contributed by atoms with Gasteiger partial charge in [0.15, 0.2) is 0 Å². The van der Waals surface area contributed by atoms with E-state index in [0.717, 1.165) is 23.2 Å². The second-order valence-electron chi connectivity index (χ2n) is 9.18. The Hall–Kier alpha value is -2.77. The summed E-state index contributed by atoms with van der Waals surface area (Å²) in [5.74, 6) is -0.654. The number of carbonyl (C=O) groups excluding carboxylic acids is 2. The molecule has 2 amide bonds. The van der Waals surface area contributed by atoms with E-state index in [4.69, 9.17) is 11.6 Å². The molecule has 2 heterocycles. The van der Waals surface area contributed by atoms with Gasteiger partial charge < -0.3 is 14.7 Å². The van der Waals surface area contributed by atoms with Crippen LogP contribution in [-0.4, -0.2) is 71.4 Å². The predicted octanol–water partition coefficient (Wildman–Crippen LogP) is 3.58. The zero-order valence-corrected chi connectivity index (χ0v) is 20.3. The summed E-state index contributed by atoms with van der Waals surface area (Å²) in [6, 6.07) is 9.46. The molecule has 0 saturated heterocycles. The largest absolute Gasteiger partial charge is 0.338 e. The van der Waals surface area contributed by atoms with E-state index in [9.17, 15) is 14.0 Å². The third kappa shape index (κ3) is 5.83. The normalized spacial score (nSPS) is 19.4. The fraction of sp³-hybridized carbons (Fsp3) is 0.423. The first-order valence-corrected chi connectivity index (χ1v) is 12.0. The third-order valence-corrected chi connectivity index (χ3v) is 6.70. The molecule has 1 aliphatic heterocycles. The zero-order valence-electron chi connectivity index (χ0n) is 19.6. The molecule has 2 aliphatic rings. The first-order valence-electron chi connectivity index (χ1n) is 11.6. The quantitative estimate of drug-likeness (QED) is 0.537. The van der Waals surface area contributed by atoms with E-state index in [1.165, 1.54) is 0 Å². The van der Waals surface area contributed by atoms with Crippen LogP contribution in [0.4, 0.5) is 4.39 Å². The maximum Gasteiger partial charge on any atom is 0.246 e. The van der Waals surface area contributed by atoms with Crippen LogP contribution in [0.1, 0.15) is 28.8 Å². The molecule has 34 heavy (non-hydrogen) atoms. The molecular weight excluding hydrogens is 455 g/mol. The molecular formula is C26H30ClFN4O2. The number of alkyl halides is 1. The van der Waals surface area contributed by atoms with E-state index in [1.807, 2.05) is 43.3 Å². The summed E-state index contributed by atoms with van der Waals surface area (Å²) >= 11 is 6.28. The van der Waals surface area contributed by atoms with Gasteiger partial charge in [0.1, 0.15) is 6.17 Å². The van der Waals surface area contributed by atoms with Gasteiger partial charge in [-0.05, 0) is 61.8 Å². The molecule has 2 atom stereocenters. The number of benzene rings is 1. The number of hydrogen-bond acceptors (Lipinski definition) is 4. The highest BCUT2D eigenvalue weighted by molar-refractivity contribution is 6.31. The van der Waals surface area contributed by atoms with Gasteiger partial charge >= 0.3 is 0 Å². The molecule has 0 bridgehead atoms. The number of fused-ring (bicyclic) bond motifs is 1. The fourth-order valence-electron chi connectivity index (χ4n) is 4.21. The SMILES string of the molecule is CN(C)CCN(Cc1ncccc1Cl)C(=O)/C=C/c1cccc2c1CCN(C(=O)[C@H]1C[C@H]1F)C2. The Labute approximate surface area is 205 Å². The van der Waals surface area contributed by atoms with Crippen LogP contribution in [0.25, 0.3) is 6.08 Å². The van der Waals surface area contributed by atoms with E-state index in [2.05, 4.69) is 4.98 Å². The Morgan fingerprint density at radius 1 is 1.24 bits per heavy atom. The monoisotopic (exact) mass is 484 g/mol. The Kier molecular flexibility index (Phi) is 7.63. The first kappa shape index (κ1) is 24.4. The number of aromatic nitrogens is 1. The topological polar surface area (TPSA) is 56.8 Å². The number of carbonyl (C=O) groups is 2. The minimum atomic E-state index is -0.981. The number of halogens is 2. The van der Waals surface area contributed by atoms with E-state index in [-0.39, 0.29) is 11.8 Å². The van der Waals surface area contributed by atoms with Gasteiger partial charge in [0.2, 0.25) is 11.8 Å². The van der Waals surface area contributed by atoms with Crippen LogP contribution in [0, 0.1) is 5.92 Å². The lowest BCUT2D eigenvalue weighted by molar-refractivity contribution is -0.134. The maximum absolute atomic E-state index is 13.3. The molecule has 0 N–H and O–H groups in total. The molecule has 4 rings (SSSR count). The van der Waals surface area contributed by atoms with Crippen molar-refractivity contribution in [2.75, 3.05) is 33.7 Å². The molecule has 2 aromatic rings. The van der Waals surface area contributed by atoms with Gasteiger partial charge in [-0.2, -0.15) is 0 Å². The van der Waals surface area contributed by atoms with Crippen molar-refractivity contribution in [2.45, 2.75) is 32.1 Å². The second-order valence-corrected chi connectivity index (χ2v) is 9.59. The van der Waals surface area contributed by atoms with E-state index in [0.29, 0.717) is 49.7 Å². The summed E-state index contributed by atoms with van der Waals surface area (Å²) in [4.78, 5) is 35.4. The van der Waals surface area contributed by atoms with Gasteiger partial charge in [-0.3, -0.25) is 14.6 Å².